The molecule has 1 aliphatic carbocycles. The number of nitrogens with two attached hydrogens (primary N) is 1. The van der Waals surface area contributed by atoms with E-state index in [9.17, 15) is 0 Å². The molecule has 0 radical (unpaired) electrons. The summed E-state index contributed by atoms with van der Waals surface area (Å²) in [6.45, 7) is 2.10. The first-order valence-electron chi connectivity index (χ1n) is 6.38. The van der Waals surface area contributed by atoms with Gasteiger partial charge in [0, 0.05) is 15.5 Å². The Morgan fingerprint density at radius 3 is 2.72 bits per heavy atom. The molecule has 0 unspecified atom stereocenters. The van der Waals surface area contributed by atoms with E-state index < -0.39 is 0 Å². The second-order valence-electron chi connectivity index (χ2n) is 4.93. The molecule has 0 heterocycles. The van der Waals surface area contributed by atoms with Gasteiger partial charge in [0.25, 0.3) is 0 Å². The Kier molecular flexibility index (Phi) is 3.04. The molecule has 0 atom stereocenters. The highest BCUT2D eigenvalue weighted by Gasteiger charge is 2.11. The van der Waals surface area contributed by atoms with Crippen LogP contribution in [0.4, 0.5) is 5.69 Å². The van der Waals surface area contributed by atoms with Crippen molar-refractivity contribution in [2.24, 2.45) is 0 Å². The van der Waals surface area contributed by atoms with Gasteiger partial charge in [0.05, 0.1) is 0 Å². The molecule has 2 heteroatoms. The van der Waals surface area contributed by atoms with Gasteiger partial charge in [0.1, 0.15) is 0 Å². The minimum atomic E-state index is 0.867. The molecular formula is C16H17NS. The van der Waals surface area contributed by atoms with Gasteiger partial charge in [-0.25, -0.2) is 0 Å². The van der Waals surface area contributed by atoms with Gasteiger partial charge in [-0.1, -0.05) is 23.9 Å². The number of fused-ring (bicyclic) bond motifs is 1. The van der Waals surface area contributed by atoms with Crippen LogP contribution < -0.4 is 5.73 Å². The van der Waals surface area contributed by atoms with E-state index in [1.54, 1.807) is 11.8 Å². The third-order valence-electron chi connectivity index (χ3n) is 3.47. The van der Waals surface area contributed by atoms with Crippen LogP contribution in [0.25, 0.3) is 0 Å². The number of rotatable bonds is 2. The molecule has 0 saturated heterocycles. The van der Waals surface area contributed by atoms with E-state index in [1.807, 2.05) is 6.07 Å². The van der Waals surface area contributed by atoms with Crippen molar-refractivity contribution in [3.63, 3.8) is 0 Å². The van der Waals surface area contributed by atoms with Gasteiger partial charge in [-0.2, -0.15) is 0 Å². The van der Waals surface area contributed by atoms with Crippen LogP contribution in [0, 0.1) is 6.92 Å². The summed E-state index contributed by atoms with van der Waals surface area (Å²) >= 11 is 1.77. The Labute approximate surface area is 112 Å². The van der Waals surface area contributed by atoms with Crippen LogP contribution in [0.1, 0.15) is 23.1 Å². The lowest BCUT2D eigenvalue weighted by Crippen LogP contribution is -1.89. The van der Waals surface area contributed by atoms with Crippen molar-refractivity contribution in [2.45, 2.75) is 36.0 Å². The lowest BCUT2D eigenvalue weighted by atomic mass is 10.1. The number of benzene rings is 2. The van der Waals surface area contributed by atoms with Crippen molar-refractivity contribution >= 4 is 17.4 Å². The molecule has 2 N–H and O–H groups in total. The maximum atomic E-state index is 6.03. The molecule has 0 saturated carbocycles. The molecule has 0 bridgehead atoms. The van der Waals surface area contributed by atoms with Crippen LogP contribution in [0.3, 0.4) is 0 Å². The maximum absolute atomic E-state index is 6.03. The van der Waals surface area contributed by atoms with Crippen LogP contribution in [-0.4, -0.2) is 0 Å². The monoisotopic (exact) mass is 255 g/mol. The van der Waals surface area contributed by atoms with Gasteiger partial charge in [-0.05, 0) is 67.1 Å². The molecule has 0 aromatic heterocycles. The fourth-order valence-corrected chi connectivity index (χ4v) is 3.49. The van der Waals surface area contributed by atoms with Crippen molar-refractivity contribution in [2.75, 3.05) is 5.73 Å². The first-order chi connectivity index (χ1) is 8.72. The third-order valence-corrected chi connectivity index (χ3v) is 4.53. The normalized spacial score (nSPS) is 13.6. The predicted molar refractivity (Wildman–Crippen MR) is 78.2 cm³/mol. The summed E-state index contributed by atoms with van der Waals surface area (Å²) in [6.07, 6.45) is 3.77. The molecule has 1 nitrogen and oxygen atoms in total. The minimum Gasteiger partial charge on any atom is -0.398 e. The van der Waals surface area contributed by atoms with Crippen LogP contribution in [0.5, 0.6) is 0 Å². The average molecular weight is 255 g/mol. The molecule has 2 aromatic rings. The summed E-state index contributed by atoms with van der Waals surface area (Å²) in [4.78, 5) is 2.46. The third kappa shape index (κ3) is 2.25. The second-order valence-corrected chi connectivity index (χ2v) is 6.04. The van der Waals surface area contributed by atoms with E-state index >= 15 is 0 Å². The highest BCUT2D eigenvalue weighted by Crippen LogP contribution is 2.35. The average Bonchev–Trinajstić information content (AvgIpc) is 2.81. The summed E-state index contributed by atoms with van der Waals surface area (Å²) in [6, 6.07) is 13.0. The van der Waals surface area contributed by atoms with E-state index in [2.05, 4.69) is 37.3 Å². The quantitative estimate of drug-likeness (QED) is 0.813. The summed E-state index contributed by atoms with van der Waals surface area (Å²) in [5, 5.41) is 0. The maximum Gasteiger partial charge on any atom is 0.0456 e. The van der Waals surface area contributed by atoms with E-state index in [1.165, 1.54) is 40.8 Å². The highest BCUT2D eigenvalue weighted by molar-refractivity contribution is 7.99. The smallest absolute Gasteiger partial charge is 0.0456 e. The predicted octanol–water partition coefficient (Wildman–Crippen LogP) is 4.22. The van der Waals surface area contributed by atoms with Crippen molar-refractivity contribution in [3.05, 3.63) is 53.1 Å². The zero-order chi connectivity index (χ0) is 12.5. The summed E-state index contributed by atoms with van der Waals surface area (Å²) in [5.41, 5.74) is 11.2. The molecule has 18 heavy (non-hydrogen) atoms. The van der Waals surface area contributed by atoms with Gasteiger partial charge in [-0.3, -0.25) is 0 Å². The van der Waals surface area contributed by atoms with E-state index in [4.69, 9.17) is 5.73 Å². The molecule has 0 fully saturated rings. The molecule has 3 rings (SSSR count). The van der Waals surface area contributed by atoms with E-state index in [-0.39, 0.29) is 0 Å². The molecule has 0 amide bonds. The van der Waals surface area contributed by atoms with Crippen LogP contribution in [0.2, 0.25) is 0 Å². The summed E-state index contributed by atoms with van der Waals surface area (Å²) in [5.74, 6) is 0. The lowest BCUT2D eigenvalue weighted by Gasteiger charge is -2.08. The lowest BCUT2D eigenvalue weighted by molar-refractivity contribution is 0.911. The van der Waals surface area contributed by atoms with Crippen LogP contribution >= 0.6 is 11.8 Å². The standard InChI is InChI=1S/C16H17NS/c1-11-5-8-15(17)16(9-11)18-14-7-6-12-3-2-4-13(12)10-14/h5-10H,2-4,17H2,1H3. The van der Waals surface area contributed by atoms with E-state index in [0.29, 0.717) is 0 Å². The molecule has 2 aromatic carbocycles. The van der Waals surface area contributed by atoms with Crippen LogP contribution in [0.15, 0.2) is 46.2 Å². The first kappa shape index (κ1) is 11.7. The van der Waals surface area contributed by atoms with E-state index in [0.717, 1.165) is 10.6 Å². The van der Waals surface area contributed by atoms with Crippen molar-refractivity contribution < 1.29 is 0 Å². The Morgan fingerprint density at radius 2 is 1.83 bits per heavy atom. The molecular weight excluding hydrogens is 238 g/mol. The fraction of sp³-hybridized carbons (Fsp3) is 0.250. The second kappa shape index (κ2) is 4.69. The first-order valence-corrected chi connectivity index (χ1v) is 7.20. The van der Waals surface area contributed by atoms with Gasteiger partial charge in [-0.15, -0.1) is 0 Å². The fourth-order valence-electron chi connectivity index (χ4n) is 2.47. The molecule has 1 aliphatic rings. The molecule has 92 valence electrons. The Bertz CT molecular complexity index is 590. The Morgan fingerprint density at radius 1 is 1.00 bits per heavy atom. The Hall–Kier alpha value is -1.41. The van der Waals surface area contributed by atoms with Gasteiger partial charge in [0.15, 0.2) is 0 Å². The summed E-state index contributed by atoms with van der Waals surface area (Å²) < 4.78 is 0. The number of hydrogen-bond acceptors (Lipinski definition) is 2. The Balaban J connectivity index is 1.90. The topological polar surface area (TPSA) is 26.0 Å². The van der Waals surface area contributed by atoms with Crippen LogP contribution in [-0.2, 0) is 12.8 Å². The van der Waals surface area contributed by atoms with Crippen molar-refractivity contribution in [3.8, 4) is 0 Å². The number of hydrogen-bond donors (Lipinski definition) is 1. The zero-order valence-electron chi connectivity index (χ0n) is 10.6. The zero-order valence-corrected chi connectivity index (χ0v) is 11.4. The minimum absolute atomic E-state index is 0.867. The number of nitrogen functional groups attached to an aromatic ring is 1. The number of anilines is 1. The van der Waals surface area contributed by atoms with Gasteiger partial charge in [0.2, 0.25) is 0 Å². The van der Waals surface area contributed by atoms with Crippen molar-refractivity contribution in [1.82, 2.24) is 0 Å². The molecule has 0 aliphatic heterocycles. The largest absolute Gasteiger partial charge is 0.398 e. The van der Waals surface area contributed by atoms with Crippen molar-refractivity contribution in [1.29, 1.82) is 0 Å². The van der Waals surface area contributed by atoms with Gasteiger partial charge >= 0.3 is 0 Å². The molecule has 0 spiro atoms. The summed E-state index contributed by atoms with van der Waals surface area (Å²) in [7, 11) is 0. The highest BCUT2D eigenvalue weighted by atomic mass is 32.2. The number of aryl methyl sites for hydroxylation is 3. The SMILES string of the molecule is Cc1ccc(N)c(Sc2ccc3c(c2)CCC3)c1. The van der Waals surface area contributed by atoms with Gasteiger partial charge < -0.3 is 5.73 Å².